The van der Waals surface area contributed by atoms with Crippen LogP contribution in [0, 0.1) is 17.6 Å². The van der Waals surface area contributed by atoms with Gasteiger partial charge in [0.1, 0.15) is 0 Å². The molecule has 1 N–H and O–H groups in total. The van der Waals surface area contributed by atoms with Crippen LogP contribution in [0.4, 0.5) is 17.6 Å². The molecular weight excluding hydrogens is 248 g/mol. The fourth-order valence-electron chi connectivity index (χ4n) is 2.41. The van der Waals surface area contributed by atoms with Crippen molar-refractivity contribution in [3.8, 4) is 0 Å². The van der Waals surface area contributed by atoms with Crippen LogP contribution in [-0.2, 0) is 6.42 Å². The number of aliphatic hydroxyl groups excluding tert-OH is 1. The van der Waals surface area contributed by atoms with Gasteiger partial charge in [0.15, 0.2) is 11.6 Å². The number of halogens is 4. The fraction of sp³-hybridized carbons (Fsp3) is 0.538. The molecule has 0 radical (unpaired) electrons. The van der Waals surface area contributed by atoms with Crippen LogP contribution in [0.5, 0.6) is 0 Å². The zero-order valence-corrected chi connectivity index (χ0v) is 9.67. The zero-order valence-electron chi connectivity index (χ0n) is 9.67. The Balaban J connectivity index is 2.04. The van der Waals surface area contributed by atoms with Crippen molar-refractivity contribution in [1.29, 1.82) is 0 Å². The van der Waals surface area contributed by atoms with Crippen molar-refractivity contribution in [2.45, 2.75) is 37.7 Å². The maximum absolute atomic E-state index is 13.4. The van der Waals surface area contributed by atoms with Crippen LogP contribution in [0.2, 0.25) is 0 Å². The summed E-state index contributed by atoms with van der Waals surface area (Å²) in [6, 6.07) is 3.67. The molecule has 2 unspecified atom stereocenters. The predicted molar refractivity (Wildman–Crippen MR) is 58.4 cm³/mol. The molecule has 5 heteroatoms. The Labute approximate surface area is 102 Å². The van der Waals surface area contributed by atoms with E-state index in [0.29, 0.717) is 0 Å². The molecule has 0 aliphatic heterocycles. The van der Waals surface area contributed by atoms with Crippen LogP contribution in [0.25, 0.3) is 0 Å². The van der Waals surface area contributed by atoms with Crippen molar-refractivity contribution in [2.24, 2.45) is 5.92 Å². The van der Waals surface area contributed by atoms with E-state index in [1.165, 1.54) is 12.1 Å². The molecule has 0 spiro atoms. The maximum Gasteiger partial charge on any atom is 0.248 e. The third kappa shape index (κ3) is 2.83. The van der Waals surface area contributed by atoms with E-state index >= 15 is 0 Å². The minimum absolute atomic E-state index is 0.0257. The standard InChI is InChI=1S/C13H14F4O/c14-10-3-1-2-8(12(10)15)6-11(18)9-4-5-13(16,17)7-9/h1-3,9,11,18H,4-7H2. The summed E-state index contributed by atoms with van der Waals surface area (Å²) in [4.78, 5) is 0. The third-order valence-corrected chi connectivity index (χ3v) is 3.45. The molecule has 1 saturated carbocycles. The number of alkyl halides is 2. The highest BCUT2D eigenvalue weighted by Gasteiger charge is 2.42. The third-order valence-electron chi connectivity index (χ3n) is 3.45. The van der Waals surface area contributed by atoms with Gasteiger partial charge in [-0.3, -0.25) is 0 Å². The van der Waals surface area contributed by atoms with E-state index in [-0.39, 0.29) is 31.2 Å². The molecule has 0 aromatic heterocycles. The molecule has 1 fully saturated rings. The van der Waals surface area contributed by atoms with E-state index in [4.69, 9.17) is 0 Å². The SMILES string of the molecule is OC(Cc1cccc(F)c1F)C1CCC(F)(F)C1. The lowest BCUT2D eigenvalue weighted by Crippen LogP contribution is -2.23. The van der Waals surface area contributed by atoms with Crippen LogP contribution in [0.3, 0.4) is 0 Å². The van der Waals surface area contributed by atoms with Gasteiger partial charge in [-0.25, -0.2) is 17.6 Å². The average molecular weight is 262 g/mol. The summed E-state index contributed by atoms with van der Waals surface area (Å²) in [6.07, 6.45) is -1.62. The van der Waals surface area contributed by atoms with E-state index in [2.05, 4.69) is 0 Å². The van der Waals surface area contributed by atoms with Crippen molar-refractivity contribution in [1.82, 2.24) is 0 Å². The molecule has 0 heterocycles. The monoisotopic (exact) mass is 262 g/mol. The normalized spacial score (nSPS) is 24.2. The Hall–Kier alpha value is -1.10. The quantitative estimate of drug-likeness (QED) is 0.829. The van der Waals surface area contributed by atoms with Crippen molar-refractivity contribution in [3.63, 3.8) is 0 Å². The molecule has 1 nitrogen and oxygen atoms in total. The highest BCUT2D eigenvalue weighted by Crippen LogP contribution is 2.40. The van der Waals surface area contributed by atoms with Crippen molar-refractivity contribution in [3.05, 3.63) is 35.4 Å². The van der Waals surface area contributed by atoms with Gasteiger partial charge in [-0.2, -0.15) is 0 Å². The van der Waals surface area contributed by atoms with Crippen molar-refractivity contribution >= 4 is 0 Å². The lowest BCUT2D eigenvalue weighted by Gasteiger charge is -2.18. The van der Waals surface area contributed by atoms with Gasteiger partial charge < -0.3 is 5.11 Å². The van der Waals surface area contributed by atoms with Crippen molar-refractivity contribution in [2.75, 3.05) is 0 Å². The van der Waals surface area contributed by atoms with Crippen LogP contribution in [0.15, 0.2) is 18.2 Å². The summed E-state index contributed by atoms with van der Waals surface area (Å²) in [5.74, 6) is -5.30. The first-order valence-corrected chi connectivity index (χ1v) is 5.88. The van der Waals surface area contributed by atoms with Crippen LogP contribution < -0.4 is 0 Å². The van der Waals surface area contributed by atoms with Gasteiger partial charge in [0, 0.05) is 19.3 Å². The topological polar surface area (TPSA) is 20.2 Å². The smallest absolute Gasteiger partial charge is 0.248 e. The number of hydrogen-bond acceptors (Lipinski definition) is 1. The summed E-state index contributed by atoms with van der Waals surface area (Å²) in [7, 11) is 0. The molecule has 0 saturated heterocycles. The average Bonchev–Trinajstić information content (AvgIpc) is 2.65. The van der Waals surface area contributed by atoms with Crippen LogP contribution in [-0.4, -0.2) is 17.1 Å². The molecule has 100 valence electrons. The lowest BCUT2D eigenvalue weighted by atomic mass is 9.94. The summed E-state index contributed by atoms with van der Waals surface area (Å²) < 4.78 is 52.3. The summed E-state index contributed by atoms with van der Waals surface area (Å²) in [6.45, 7) is 0. The minimum Gasteiger partial charge on any atom is -0.392 e. The Morgan fingerprint density at radius 2 is 2.06 bits per heavy atom. The second-order valence-corrected chi connectivity index (χ2v) is 4.84. The van der Waals surface area contributed by atoms with E-state index in [1.807, 2.05) is 0 Å². The molecule has 18 heavy (non-hydrogen) atoms. The minimum atomic E-state index is -2.74. The number of hydrogen-bond donors (Lipinski definition) is 1. The highest BCUT2D eigenvalue weighted by atomic mass is 19.3. The first kappa shape index (κ1) is 13.3. The summed E-state index contributed by atoms with van der Waals surface area (Å²) >= 11 is 0. The van der Waals surface area contributed by atoms with Gasteiger partial charge in [-0.15, -0.1) is 0 Å². The maximum atomic E-state index is 13.4. The van der Waals surface area contributed by atoms with E-state index in [0.717, 1.165) is 6.07 Å². The molecule has 2 rings (SSSR count). The van der Waals surface area contributed by atoms with Crippen LogP contribution in [0.1, 0.15) is 24.8 Å². The largest absolute Gasteiger partial charge is 0.392 e. The Kier molecular flexibility index (Phi) is 3.61. The van der Waals surface area contributed by atoms with Gasteiger partial charge in [0.25, 0.3) is 0 Å². The second-order valence-electron chi connectivity index (χ2n) is 4.84. The Morgan fingerprint density at radius 1 is 1.33 bits per heavy atom. The van der Waals surface area contributed by atoms with Gasteiger partial charge in [0.05, 0.1) is 6.10 Å². The van der Waals surface area contributed by atoms with Crippen LogP contribution >= 0.6 is 0 Å². The first-order chi connectivity index (χ1) is 8.39. The molecule has 1 aliphatic carbocycles. The molecule has 1 aromatic rings. The highest BCUT2D eigenvalue weighted by molar-refractivity contribution is 5.20. The van der Waals surface area contributed by atoms with Crippen molar-refractivity contribution < 1.29 is 22.7 Å². The molecule has 1 aromatic carbocycles. The summed E-state index contributed by atoms with van der Waals surface area (Å²) in [5.41, 5.74) is 0.0257. The molecule has 2 atom stereocenters. The van der Waals surface area contributed by atoms with Gasteiger partial charge in [-0.05, 0) is 24.0 Å². The Bertz CT molecular complexity index is 433. The second kappa shape index (κ2) is 4.88. The number of rotatable bonds is 3. The van der Waals surface area contributed by atoms with E-state index in [1.54, 1.807) is 0 Å². The zero-order chi connectivity index (χ0) is 13.3. The summed E-state index contributed by atoms with van der Waals surface area (Å²) in [5, 5.41) is 9.83. The van der Waals surface area contributed by atoms with Gasteiger partial charge >= 0.3 is 0 Å². The van der Waals surface area contributed by atoms with E-state index in [9.17, 15) is 22.7 Å². The number of aliphatic hydroxyl groups is 1. The molecule has 0 amide bonds. The fourth-order valence-corrected chi connectivity index (χ4v) is 2.41. The molecule has 0 bridgehead atoms. The van der Waals surface area contributed by atoms with Gasteiger partial charge in [-0.1, -0.05) is 12.1 Å². The molecule has 1 aliphatic rings. The van der Waals surface area contributed by atoms with E-state index < -0.39 is 29.6 Å². The predicted octanol–water partition coefficient (Wildman–Crippen LogP) is 3.30. The van der Waals surface area contributed by atoms with Gasteiger partial charge in [0.2, 0.25) is 5.92 Å². The Morgan fingerprint density at radius 3 is 2.67 bits per heavy atom. The first-order valence-electron chi connectivity index (χ1n) is 5.88. The molecular formula is C13H14F4O. The lowest BCUT2D eigenvalue weighted by molar-refractivity contribution is -0.00486. The number of benzene rings is 1.